The highest BCUT2D eigenvalue weighted by atomic mass is 32.2. The van der Waals surface area contributed by atoms with E-state index in [1.807, 2.05) is 20.8 Å². The topological polar surface area (TPSA) is 52.6 Å². The van der Waals surface area contributed by atoms with Crippen LogP contribution in [0.1, 0.15) is 20.8 Å². The Morgan fingerprint density at radius 3 is 2.50 bits per heavy atom. The molecule has 0 amide bonds. The second-order valence-electron chi connectivity index (χ2n) is 4.69. The first-order chi connectivity index (χ1) is 6.29. The van der Waals surface area contributed by atoms with Crippen LogP contribution >= 0.6 is 0 Å². The third kappa shape index (κ3) is 1.81. The van der Waals surface area contributed by atoms with Gasteiger partial charge in [-0.3, -0.25) is 0 Å². The molecule has 0 unspecified atom stereocenters. The number of hydrogen-bond donors (Lipinski definition) is 0. The van der Waals surface area contributed by atoms with Gasteiger partial charge >= 0.3 is 0 Å². The Bertz CT molecular complexity index is 333. The van der Waals surface area contributed by atoms with Gasteiger partial charge in [-0.2, -0.15) is 0 Å². The molecule has 0 saturated carbocycles. The minimum Gasteiger partial charge on any atom is -0.344 e. The fourth-order valence-corrected chi connectivity index (χ4v) is 4.17. The molecular formula is C9H16O4S. The van der Waals surface area contributed by atoms with E-state index in [-0.39, 0.29) is 29.6 Å². The third-order valence-electron chi connectivity index (χ3n) is 2.72. The predicted molar refractivity (Wildman–Crippen MR) is 51.6 cm³/mol. The number of sulfone groups is 1. The van der Waals surface area contributed by atoms with Crippen molar-refractivity contribution in [3.8, 4) is 0 Å². The van der Waals surface area contributed by atoms with Gasteiger partial charge in [0.1, 0.15) is 6.10 Å². The average Bonchev–Trinajstić information content (AvgIpc) is 2.21. The molecule has 2 aliphatic heterocycles. The highest BCUT2D eigenvalue weighted by Crippen LogP contribution is 2.36. The lowest BCUT2D eigenvalue weighted by atomic mass is 10.0. The van der Waals surface area contributed by atoms with Crippen molar-refractivity contribution in [1.29, 1.82) is 0 Å². The van der Waals surface area contributed by atoms with Gasteiger partial charge in [0.15, 0.2) is 15.6 Å². The minimum atomic E-state index is -2.94. The summed E-state index contributed by atoms with van der Waals surface area (Å²) in [5.74, 6) is -0.289. The molecule has 0 bridgehead atoms. The summed E-state index contributed by atoms with van der Waals surface area (Å²) in [4.78, 5) is 0. The quantitative estimate of drug-likeness (QED) is 0.599. The predicted octanol–water partition coefficient (Wildman–Crippen LogP) is 0.571. The minimum absolute atomic E-state index is 0.0283. The van der Waals surface area contributed by atoms with Gasteiger partial charge in [0, 0.05) is 0 Å². The van der Waals surface area contributed by atoms with Crippen LogP contribution in [0.3, 0.4) is 0 Å². The molecule has 3 atom stereocenters. The maximum atomic E-state index is 11.5. The van der Waals surface area contributed by atoms with Crippen molar-refractivity contribution in [2.75, 3.05) is 11.5 Å². The lowest BCUT2D eigenvalue weighted by Gasteiger charge is -2.28. The fraction of sp³-hybridized carbons (Fsp3) is 1.00. The Balaban J connectivity index is 2.23. The van der Waals surface area contributed by atoms with E-state index < -0.39 is 15.6 Å². The molecule has 0 N–H and O–H groups in total. The van der Waals surface area contributed by atoms with Crippen molar-refractivity contribution >= 4 is 9.84 Å². The maximum absolute atomic E-state index is 11.5. The Hall–Kier alpha value is -0.130. The Kier molecular flexibility index (Phi) is 2.18. The first kappa shape index (κ1) is 10.4. The molecule has 14 heavy (non-hydrogen) atoms. The monoisotopic (exact) mass is 220 g/mol. The maximum Gasteiger partial charge on any atom is 0.163 e. The van der Waals surface area contributed by atoms with Crippen LogP contribution in [-0.4, -0.2) is 37.9 Å². The van der Waals surface area contributed by atoms with Crippen LogP contribution in [0, 0.1) is 5.92 Å². The lowest BCUT2D eigenvalue weighted by Crippen LogP contribution is -2.44. The van der Waals surface area contributed by atoms with Crippen LogP contribution in [0.25, 0.3) is 0 Å². The largest absolute Gasteiger partial charge is 0.344 e. The lowest BCUT2D eigenvalue weighted by molar-refractivity contribution is -0.147. The summed E-state index contributed by atoms with van der Waals surface area (Å²) in [6.07, 6.45) is -0.340. The van der Waals surface area contributed by atoms with Gasteiger partial charge in [0.2, 0.25) is 0 Å². The summed E-state index contributed by atoms with van der Waals surface area (Å²) in [5.41, 5.74) is 0. The normalized spacial score (nSPS) is 44.6. The zero-order chi connectivity index (χ0) is 10.6. The standard InChI is InChI=1S/C9H16O4S/c1-6-4-14(10,11)5-7-8(6)13-9(2,3)12-7/h6-8H,4-5H2,1-3H3/t6-,7+,8-/m1/s1. The number of rotatable bonds is 0. The molecule has 0 aliphatic carbocycles. The summed E-state index contributed by atoms with van der Waals surface area (Å²) >= 11 is 0. The molecule has 0 aromatic heterocycles. The summed E-state index contributed by atoms with van der Waals surface area (Å²) in [5, 5.41) is 0. The van der Waals surface area contributed by atoms with Gasteiger partial charge in [-0.15, -0.1) is 0 Å². The van der Waals surface area contributed by atoms with Crippen molar-refractivity contribution in [2.45, 2.75) is 38.8 Å². The van der Waals surface area contributed by atoms with E-state index in [1.54, 1.807) is 0 Å². The second-order valence-corrected chi connectivity index (χ2v) is 6.85. The summed E-state index contributed by atoms with van der Waals surface area (Å²) in [7, 11) is -2.94. The molecular weight excluding hydrogens is 204 g/mol. The van der Waals surface area contributed by atoms with Crippen molar-refractivity contribution in [3.63, 3.8) is 0 Å². The van der Waals surface area contributed by atoms with Crippen LogP contribution in [0.4, 0.5) is 0 Å². The van der Waals surface area contributed by atoms with Gasteiger partial charge in [-0.05, 0) is 19.8 Å². The van der Waals surface area contributed by atoms with E-state index >= 15 is 0 Å². The van der Waals surface area contributed by atoms with E-state index in [4.69, 9.17) is 9.47 Å². The first-order valence-electron chi connectivity index (χ1n) is 4.85. The SMILES string of the molecule is C[C@@H]1CS(=O)(=O)C[C@@H]2OC(C)(C)O[C@H]12. The van der Waals surface area contributed by atoms with Crippen LogP contribution in [0.2, 0.25) is 0 Å². The smallest absolute Gasteiger partial charge is 0.163 e. The fourth-order valence-electron chi connectivity index (χ4n) is 2.29. The van der Waals surface area contributed by atoms with Crippen molar-refractivity contribution in [3.05, 3.63) is 0 Å². The molecule has 2 heterocycles. The van der Waals surface area contributed by atoms with Gasteiger partial charge < -0.3 is 9.47 Å². The molecule has 2 rings (SSSR count). The third-order valence-corrected chi connectivity index (χ3v) is 4.59. The molecule has 82 valence electrons. The Morgan fingerprint density at radius 1 is 1.21 bits per heavy atom. The van der Waals surface area contributed by atoms with Gasteiger partial charge in [-0.1, -0.05) is 6.92 Å². The van der Waals surface area contributed by atoms with Crippen LogP contribution in [0.15, 0.2) is 0 Å². The molecule has 5 heteroatoms. The van der Waals surface area contributed by atoms with Crippen molar-refractivity contribution < 1.29 is 17.9 Å². The van der Waals surface area contributed by atoms with Crippen LogP contribution in [0.5, 0.6) is 0 Å². The summed E-state index contributed by atoms with van der Waals surface area (Å²) < 4.78 is 34.2. The first-order valence-corrected chi connectivity index (χ1v) is 6.67. The summed E-state index contributed by atoms with van der Waals surface area (Å²) in [6, 6.07) is 0. The highest BCUT2D eigenvalue weighted by molar-refractivity contribution is 7.91. The van der Waals surface area contributed by atoms with Crippen LogP contribution < -0.4 is 0 Å². The van der Waals surface area contributed by atoms with Crippen molar-refractivity contribution in [2.24, 2.45) is 5.92 Å². The Morgan fingerprint density at radius 2 is 1.86 bits per heavy atom. The van der Waals surface area contributed by atoms with Gasteiger partial charge in [0.25, 0.3) is 0 Å². The molecule has 2 saturated heterocycles. The molecule has 4 nitrogen and oxygen atoms in total. The second kappa shape index (κ2) is 2.93. The number of hydrogen-bond acceptors (Lipinski definition) is 4. The van der Waals surface area contributed by atoms with E-state index in [9.17, 15) is 8.42 Å². The zero-order valence-electron chi connectivity index (χ0n) is 8.69. The molecule has 0 spiro atoms. The molecule has 0 radical (unpaired) electrons. The summed E-state index contributed by atoms with van der Waals surface area (Å²) in [6.45, 7) is 5.55. The van der Waals surface area contributed by atoms with Crippen molar-refractivity contribution in [1.82, 2.24) is 0 Å². The van der Waals surface area contributed by atoms with Gasteiger partial charge in [0.05, 0.1) is 17.6 Å². The van der Waals surface area contributed by atoms with E-state index in [0.717, 1.165) is 0 Å². The average molecular weight is 220 g/mol. The number of ether oxygens (including phenoxy) is 2. The van der Waals surface area contributed by atoms with E-state index in [1.165, 1.54) is 0 Å². The zero-order valence-corrected chi connectivity index (χ0v) is 9.50. The Labute approximate surface area is 84.5 Å². The number of fused-ring (bicyclic) bond motifs is 1. The molecule has 2 aliphatic rings. The van der Waals surface area contributed by atoms with E-state index in [0.29, 0.717) is 0 Å². The molecule has 0 aromatic rings. The molecule has 0 aromatic carbocycles. The van der Waals surface area contributed by atoms with E-state index in [2.05, 4.69) is 0 Å². The molecule has 2 fully saturated rings. The highest BCUT2D eigenvalue weighted by Gasteiger charge is 2.49. The van der Waals surface area contributed by atoms with Gasteiger partial charge in [-0.25, -0.2) is 8.42 Å². The van der Waals surface area contributed by atoms with Crippen LogP contribution in [-0.2, 0) is 19.3 Å².